The second-order valence-corrected chi connectivity index (χ2v) is 3.43. The minimum absolute atomic E-state index is 0.0256. The van der Waals surface area contributed by atoms with Crippen LogP contribution in [0.1, 0.15) is 6.42 Å². The van der Waals surface area contributed by atoms with E-state index in [2.05, 4.69) is 0 Å². The zero-order chi connectivity index (χ0) is 9.42. The summed E-state index contributed by atoms with van der Waals surface area (Å²) in [5.41, 5.74) is 0. The van der Waals surface area contributed by atoms with Crippen LogP contribution in [-0.2, 0) is 14.3 Å². The van der Waals surface area contributed by atoms with E-state index in [1.165, 1.54) is 0 Å². The van der Waals surface area contributed by atoms with Gasteiger partial charge < -0.3 is 9.84 Å². The van der Waals surface area contributed by atoms with Gasteiger partial charge in [-0.2, -0.15) is 0 Å². The van der Waals surface area contributed by atoms with Crippen molar-refractivity contribution < 1.29 is 19.4 Å². The summed E-state index contributed by atoms with van der Waals surface area (Å²) in [6.07, 6.45) is 4.14. The first-order chi connectivity index (χ1) is 6.20. The van der Waals surface area contributed by atoms with Crippen LogP contribution in [0.4, 0.5) is 0 Å². The molecule has 4 nitrogen and oxygen atoms in total. The van der Waals surface area contributed by atoms with Crippen LogP contribution in [0.2, 0.25) is 0 Å². The number of cyclic esters (lactones) is 1. The van der Waals surface area contributed by atoms with Gasteiger partial charge in [-0.3, -0.25) is 9.59 Å². The van der Waals surface area contributed by atoms with Crippen LogP contribution in [0.15, 0.2) is 12.2 Å². The Kier molecular flexibility index (Phi) is 1.83. The molecule has 70 valence electrons. The van der Waals surface area contributed by atoms with E-state index in [-0.39, 0.29) is 11.9 Å². The third kappa shape index (κ3) is 1.22. The van der Waals surface area contributed by atoms with Crippen LogP contribution < -0.4 is 0 Å². The molecule has 0 aromatic heterocycles. The van der Waals surface area contributed by atoms with Gasteiger partial charge in [0.15, 0.2) is 0 Å². The van der Waals surface area contributed by atoms with Gasteiger partial charge in [-0.25, -0.2) is 0 Å². The number of carbonyl (C=O) groups excluding carboxylic acids is 1. The summed E-state index contributed by atoms with van der Waals surface area (Å²) < 4.78 is 4.83. The van der Waals surface area contributed by atoms with Gasteiger partial charge >= 0.3 is 11.9 Å². The summed E-state index contributed by atoms with van der Waals surface area (Å²) in [6.45, 7) is 0.337. The molecule has 0 radical (unpaired) electrons. The van der Waals surface area contributed by atoms with E-state index in [1.54, 1.807) is 0 Å². The lowest BCUT2D eigenvalue weighted by molar-refractivity contribution is -0.151. The van der Waals surface area contributed by atoms with Crippen molar-refractivity contribution in [3.05, 3.63) is 12.2 Å². The Morgan fingerprint density at radius 3 is 3.08 bits per heavy atom. The number of carboxylic acid groups (broad SMARTS) is 1. The monoisotopic (exact) mass is 182 g/mol. The van der Waals surface area contributed by atoms with Gasteiger partial charge in [-0.15, -0.1) is 0 Å². The number of aliphatic carboxylic acids is 1. The maximum atomic E-state index is 11.2. The number of carbonyl (C=O) groups is 2. The number of esters is 1. The highest BCUT2D eigenvalue weighted by Gasteiger charge is 2.45. The van der Waals surface area contributed by atoms with Crippen LogP contribution in [0.5, 0.6) is 0 Å². The Morgan fingerprint density at radius 2 is 2.38 bits per heavy atom. The molecular formula is C9H10O4. The summed E-state index contributed by atoms with van der Waals surface area (Å²) in [7, 11) is 0. The molecular weight excluding hydrogens is 172 g/mol. The molecule has 1 N–H and O–H groups in total. The fraction of sp³-hybridized carbons (Fsp3) is 0.556. The summed E-state index contributed by atoms with van der Waals surface area (Å²) in [4.78, 5) is 22.0. The number of hydrogen-bond acceptors (Lipinski definition) is 3. The summed E-state index contributed by atoms with van der Waals surface area (Å²) in [5, 5.41) is 8.86. The topological polar surface area (TPSA) is 63.6 Å². The molecule has 0 spiro atoms. The van der Waals surface area contributed by atoms with Crippen LogP contribution >= 0.6 is 0 Å². The van der Waals surface area contributed by atoms with Gasteiger partial charge in [0.05, 0.1) is 18.4 Å². The predicted octanol–water partition coefficient (Wildman–Crippen LogP) is 0.436. The standard InChI is InChI=1S/C9H10O4/c10-8(11)6-3-1-2-5-4-13-9(12)7(5)6/h1-2,5-7H,3-4H2,(H,10,11)/t5-,6-,7-/m1/s1. The first-order valence-corrected chi connectivity index (χ1v) is 4.26. The van der Waals surface area contributed by atoms with E-state index < -0.39 is 17.8 Å². The van der Waals surface area contributed by atoms with Crippen molar-refractivity contribution in [1.29, 1.82) is 0 Å². The average molecular weight is 182 g/mol. The van der Waals surface area contributed by atoms with Crippen molar-refractivity contribution >= 4 is 11.9 Å². The van der Waals surface area contributed by atoms with Crippen molar-refractivity contribution in [3.8, 4) is 0 Å². The van der Waals surface area contributed by atoms with E-state index >= 15 is 0 Å². The molecule has 2 rings (SSSR count). The van der Waals surface area contributed by atoms with Crippen molar-refractivity contribution in [1.82, 2.24) is 0 Å². The molecule has 1 fully saturated rings. The minimum atomic E-state index is -0.904. The van der Waals surface area contributed by atoms with E-state index in [0.717, 1.165) is 0 Å². The fourth-order valence-corrected chi connectivity index (χ4v) is 1.99. The predicted molar refractivity (Wildman–Crippen MR) is 42.8 cm³/mol. The molecule has 2 aliphatic rings. The molecule has 0 amide bonds. The van der Waals surface area contributed by atoms with Gasteiger partial charge in [-0.05, 0) is 6.42 Å². The van der Waals surface area contributed by atoms with Crippen molar-refractivity contribution in [2.45, 2.75) is 6.42 Å². The molecule has 1 saturated heterocycles. The smallest absolute Gasteiger partial charge is 0.310 e. The Morgan fingerprint density at radius 1 is 1.62 bits per heavy atom. The molecule has 3 atom stereocenters. The highest BCUT2D eigenvalue weighted by Crippen LogP contribution is 2.35. The number of allylic oxidation sites excluding steroid dienone is 1. The van der Waals surface area contributed by atoms with Gasteiger partial charge in [0.2, 0.25) is 0 Å². The quantitative estimate of drug-likeness (QED) is 0.472. The molecule has 0 bridgehead atoms. The third-order valence-corrected chi connectivity index (χ3v) is 2.68. The first kappa shape index (κ1) is 8.29. The van der Waals surface area contributed by atoms with Crippen LogP contribution in [0.3, 0.4) is 0 Å². The molecule has 1 aliphatic carbocycles. The van der Waals surface area contributed by atoms with Crippen LogP contribution in [0.25, 0.3) is 0 Å². The SMILES string of the molecule is O=C1OC[C@H]2C=CC[C@@H](C(=O)O)[C@H]12. The zero-order valence-electron chi connectivity index (χ0n) is 6.97. The first-order valence-electron chi connectivity index (χ1n) is 4.26. The average Bonchev–Trinajstić information content (AvgIpc) is 2.48. The molecule has 4 heteroatoms. The minimum Gasteiger partial charge on any atom is -0.481 e. The van der Waals surface area contributed by atoms with Gasteiger partial charge in [0, 0.05) is 5.92 Å². The summed E-state index contributed by atoms with van der Waals surface area (Å²) >= 11 is 0. The number of rotatable bonds is 1. The normalized spacial score (nSPS) is 36.9. The van der Waals surface area contributed by atoms with Crippen LogP contribution in [-0.4, -0.2) is 23.7 Å². The van der Waals surface area contributed by atoms with Crippen molar-refractivity contribution in [2.24, 2.45) is 17.8 Å². The van der Waals surface area contributed by atoms with Crippen molar-refractivity contribution in [2.75, 3.05) is 6.61 Å². The summed E-state index contributed by atoms with van der Waals surface area (Å²) in [5.74, 6) is -2.34. The number of ether oxygens (including phenoxy) is 1. The molecule has 0 saturated carbocycles. The molecule has 0 unspecified atom stereocenters. The molecule has 1 aliphatic heterocycles. The largest absolute Gasteiger partial charge is 0.481 e. The lowest BCUT2D eigenvalue weighted by Gasteiger charge is -2.22. The Balaban J connectivity index is 2.27. The highest BCUT2D eigenvalue weighted by molar-refractivity contribution is 5.83. The van der Waals surface area contributed by atoms with Gasteiger partial charge in [0.1, 0.15) is 0 Å². The molecule has 13 heavy (non-hydrogen) atoms. The van der Waals surface area contributed by atoms with E-state index in [9.17, 15) is 9.59 Å². The highest BCUT2D eigenvalue weighted by atomic mass is 16.5. The Labute approximate surface area is 75.2 Å². The lowest BCUT2D eigenvalue weighted by atomic mass is 9.77. The molecule has 1 heterocycles. The summed E-state index contributed by atoms with van der Waals surface area (Å²) in [6, 6.07) is 0. The Hall–Kier alpha value is -1.32. The van der Waals surface area contributed by atoms with E-state index in [1.807, 2.05) is 12.2 Å². The van der Waals surface area contributed by atoms with Crippen molar-refractivity contribution in [3.63, 3.8) is 0 Å². The number of carboxylic acids is 1. The van der Waals surface area contributed by atoms with E-state index in [0.29, 0.717) is 13.0 Å². The second kappa shape index (κ2) is 2.87. The molecule has 0 aromatic carbocycles. The zero-order valence-corrected chi connectivity index (χ0v) is 6.97. The van der Waals surface area contributed by atoms with E-state index in [4.69, 9.17) is 9.84 Å². The van der Waals surface area contributed by atoms with Gasteiger partial charge in [-0.1, -0.05) is 12.2 Å². The van der Waals surface area contributed by atoms with Gasteiger partial charge in [0.25, 0.3) is 0 Å². The Bertz CT molecular complexity index is 281. The lowest BCUT2D eigenvalue weighted by Crippen LogP contribution is -2.32. The molecule has 0 aromatic rings. The second-order valence-electron chi connectivity index (χ2n) is 3.43. The number of fused-ring (bicyclic) bond motifs is 1. The fourth-order valence-electron chi connectivity index (χ4n) is 1.99. The number of hydrogen-bond donors (Lipinski definition) is 1. The maximum absolute atomic E-state index is 11.2. The van der Waals surface area contributed by atoms with Crippen LogP contribution in [0, 0.1) is 17.8 Å². The maximum Gasteiger partial charge on any atom is 0.310 e. The third-order valence-electron chi connectivity index (χ3n) is 2.68.